The summed E-state index contributed by atoms with van der Waals surface area (Å²) in [6, 6.07) is 0. The van der Waals surface area contributed by atoms with E-state index in [2.05, 4.69) is 10.6 Å². The normalized spacial score (nSPS) is 40.2. The van der Waals surface area contributed by atoms with Crippen LogP contribution in [0.5, 0.6) is 0 Å². The van der Waals surface area contributed by atoms with E-state index in [1.165, 1.54) is 6.26 Å². The van der Waals surface area contributed by atoms with Crippen LogP contribution in [-0.4, -0.2) is 39.7 Å². The lowest BCUT2D eigenvalue weighted by atomic mass is 9.75. The molecule has 2 aliphatic heterocycles. The molecule has 4 nitrogen and oxygen atoms in total. The Balaban J connectivity index is 2.16. The summed E-state index contributed by atoms with van der Waals surface area (Å²) in [4.78, 5) is 0. The highest BCUT2D eigenvalue weighted by atomic mass is 32.2. The van der Waals surface area contributed by atoms with E-state index in [1.54, 1.807) is 0 Å². The van der Waals surface area contributed by atoms with Crippen molar-refractivity contribution in [3.05, 3.63) is 0 Å². The third-order valence-electron chi connectivity index (χ3n) is 3.13. The Kier molecular flexibility index (Phi) is 2.13. The summed E-state index contributed by atoms with van der Waals surface area (Å²) in [6.45, 7) is 2.72. The number of piperidine rings is 1. The number of nitrogens with one attached hydrogen (secondary N) is 2. The van der Waals surface area contributed by atoms with Crippen LogP contribution in [0.1, 0.15) is 12.8 Å². The lowest BCUT2D eigenvalue weighted by molar-refractivity contribution is 0.0965. The van der Waals surface area contributed by atoms with Crippen LogP contribution in [0.25, 0.3) is 0 Å². The van der Waals surface area contributed by atoms with Crippen molar-refractivity contribution >= 4 is 9.84 Å². The van der Waals surface area contributed by atoms with E-state index in [-0.39, 0.29) is 10.8 Å². The zero-order chi connectivity index (χ0) is 9.53. The van der Waals surface area contributed by atoms with E-state index in [4.69, 9.17) is 0 Å². The molecule has 76 valence electrons. The summed E-state index contributed by atoms with van der Waals surface area (Å²) in [7, 11) is -2.93. The molecule has 0 radical (unpaired) electrons. The summed E-state index contributed by atoms with van der Waals surface area (Å²) in [6.07, 6.45) is 3.44. The fraction of sp³-hybridized carbons (Fsp3) is 1.00. The van der Waals surface area contributed by atoms with Crippen LogP contribution in [0.4, 0.5) is 0 Å². The third kappa shape index (κ3) is 1.49. The average Bonchev–Trinajstić information content (AvgIpc) is 2.01. The molecule has 2 rings (SSSR count). The molecule has 2 atom stereocenters. The summed E-state index contributed by atoms with van der Waals surface area (Å²) < 4.78 is 22.8. The highest BCUT2D eigenvalue weighted by Crippen LogP contribution is 2.38. The number of sulfone groups is 1. The van der Waals surface area contributed by atoms with Gasteiger partial charge in [-0.1, -0.05) is 0 Å². The average molecular weight is 204 g/mol. The van der Waals surface area contributed by atoms with Gasteiger partial charge in [-0.3, -0.25) is 5.32 Å². The monoisotopic (exact) mass is 204 g/mol. The Morgan fingerprint density at radius 1 is 1.38 bits per heavy atom. The van der Waals surface area contributed by atoms with Gasteiger partial charge in [-0.15, -0.1) is 0 Å². The second kappa shape index (κ2) is 2.93. The molecular weight excluding hydrogens is 188 g/mol. The molecule has 5 heteroatoms. The van der Waals surface area contributed by atoms with Crippen LogP contribution in [-0.2, 0) is 9.84 Å². The van der Waals surface area contributed by atoms with Gasteiger partial charge in [0.05, 0.1) is 0 Å². The number of hydrogen-bond acceptors (Lipinski definition) is 4. The fourth-order valence-corrected chi connectivity index (χ4v) is 4.02. The van der Waals surface area contributed by atoms with Crippen molar-refractivity contribution < 1.29 is 8.42 Å². The minimum absolute atomic E-state index is 0.00810. The van der Waals surface area contributed by atoms with Crippen LogP contribution in [0, 0.1) is 5.41 Å². The smallest absolute Gasteiger partial charge is 0.163 e. The Hall–Kier alpha value is -0.130. The zero-order valence-electron chi connectivity index (χ0n) is 7.84. The van der Waals surface area contributed by atoms with Crippen molar-refractivity contribution in [3.63, 3.8) is 0 Å². The van der Waals surface area contributed by atoms with Crippen LogP contribution in [0.15, 0.2) is 0 Å². The molecule has 0 aromatic carbocycles. The topological polar surface area (TPSA) is 58.2 Å². The van der Waals surface area contributed by atoms with Gasteiger partial charge < -0.3 is 5.32 Å². The first-order chi connectivity index (χ1) is 6.05. The third-order valence-corrected chi connectivity index (χ3v) is 4.65. The van der Waals surface area contributed by atoms with Gasteiger partial charge in [-0.25, -0.2) is 8.42 Å². The van der Waals surface area contributed by atoms with Crippen LogP contribution in [0.3, 0.4) is 0 Å². The maximum Gasteiger partial charge on any atom is 0.163 e. The Morgan fingerprint density at radius 2 is 2.15 bits per heavy atom. The van der Waals surface area contributed by atoms with E-state index in [0.717, 1.165) is 32.5 Å². The zero-order valence-corrected chi connectivity index (χ0v) is 8.65. The van der Waals surface area contributed by atoms with Gasteiger partial charge in [0, 0.05) is 24.8 Å². The molecule has 2 saturated heterocycles. The fourth-order valence-electron chi connectivity index (χ4n) is 2.45. The van der Waals surface area contributed by atoms with Gasteiger partial charge in [-0.2, -0.15) is 0 Å². The van der Waals surface area contributed by atoms with Crippen molar-refractivity contribution in [1.29, 1.82) is 0 Å². The molecule has 2 unspecified atom stereocenters. The molecule has 0 aliphatic carbocycles. The highest BCUT2D eigenvalue weighted by Gasteiger charge is 2.51. The van der Waals surface area contributed by atoms with E-state index in [0.29, 0.717) is 0 Å². The standard InChI is InChI=1S/C8H16N2O2S/c1-13(11,12)7-8(6-10-7)3-2-4-9-5-8/h7,9-10H,2-6H2,1H3. The molecule has 0 aromatic heterocycles. The Morgan fingerprint density at radius 3 is 2.54 bits per heavy atom. The molecule has 1 spiro atoms. The molecule has 0 aromatic rings. The molecule has 2 N–H and O–H groups in total. The van der Waals surface area contributed by atoms with E-state index in [1.807, 2.05) is 0 Å². The summed E-state index contributed by atoms with van der Waals surface area (Å²) in [5, 5.41) is 5.98. The minimum atomic E-state index is -2.93. The van der Waals surface area contributed by atoms with Gasteiger partial charge in [-0.05, 0) is 19.4 Å². The summed E-state index contributed by atoms with van der Waals surface area (Å²) >= 11 is 0. The Labute approximate surface area is 79.0 Å². The molecule has 0 amide bonds. The molecule has 2 aliphatic rings. The van der Waals surface area contributed by atoms with Crippen LogP contribution >= 0.6 is 0 Å². The maximum atomic E-state index is 11.4. The van der Waals surface area contributed by atoms with Gasteiger partial charge in [0.25, 0.3) is 0 Å². The van der Waals surface area contributed by atoms with Gasteiger partial charge in [0.1, 0.15) is 5.37 Å². The highest BCUT2D eigenvalue weighted by molar-refractivity contribution is 7.91. The number of hydrogen-bond donors (Lipinski definition) is 2. The summed E-state index contributed by atoms with van der Waals surface area (Å²) in [5.41, 5.74) is -0.00810. The first kappa shape index (κ1) is 9.43. The van der Waals surface area contributed by atoms with Crippen LogP contribution in [0.2, 0.25) is 0 Å². The SMILES string of the molecule is CS(=O)(=O)C1NCC12CCCNC2. The predicted molar refractivity (Wildman–Crippen MR) is 51.2 cm³/mol. The van der Waals surface area contributed by atoms with Crippen molar-refractivity contribution in [2.45, 2.75) is 18.2 Å². The van der Waals surface area contributed by atoms with Gasteiger partial charge in [0.2, 0.25) is 0 Å². The number of rotatable bonds is 1. The van der Waals surface area contributed by atoms with E-state index < -0.39 is 9.84 Å². The molecule has 2 fully saturated rings. The second-order valence-corrected chi connectivity index (χ2v) is 6.36. The Bertz CT molecular complexity index is 293. The minimum Gasteiger partial charge on any atom is -0.316 e. The lowest BCUT2D eigenvalue weighted by Gasteiger charge is -2.51. The lowest BCUT2D eigenvalue weighted by Crippen LogP contribution is -2.70. The van der Waals surface area contributed by atoms with Crippen molar-refractivity contribution in [2.24, 2.45) is 5.41 Å². The second-order valence-electron chi connectivity index (χ2n) is 4.23. The maximum absolute atomic E-state index is 11.4. The van der Waals surface area contributed by atoms with Gasteiger partial charge in [0.15, 0.2) is 9.84 Å². The predicted octanol–water partition coefficient (Wildman–Crippen LogP) is -0.670. The molecular formula is C8H16N2O2S. The van der Waals surface area contributed by atoms with Gasteiger partial charge >= 0.3 is 0 Å². The first-order valence-electron chi connectivity index (χ1n) is 4.68. The molecule has 2 heterocycles. The van der Waals surface area contributed by atoms with Crippen LogP contribution < -0.4 is 10.6 Å². The van der Waals surface area contributed by atoms with Crippen molar-refractivity contribution in [3.8, 4) is 0 Å². The molecule has 0 saturated carbocycles. The molecule has 0 bridgehead atoms. The quantitative estimate of drug-likeness (QED) is 0.595. The van der Waals surface area contributed by atoms with E-state index >= 15 is 0 Å². The largest absolute Gasteiger partial charge is 0.316 e. The van der Waals surface area contributed by atoms with E-state index in [9.17, 15) is 8.42 Å². The van der Waals surface area contributed by atoms with Crippen molar-refractivity contribution in [2.75, 3.05) is 25.9 Å². The first-order valence-corrected chi connectivity index (χ1v) is 6.63. The van der Waals surface area contributed by atoms with Crippen molar-refractivity contribution in [1.82, 2.24) is 10.6 Å². The molecule has 13 heavy (non-hydrogen) atoms. The summed E-state index contributed by atoms with van der Waals surface area (Å²) in [5.74, 6) is 0.